The van der Waals surface area contributed by atoms with Crippen molar-refractivity contribution in [3.63, 3.8) is 0 Å². The molecule has 3 aromatic heterocycles. The maximum Gasteiger partial charge on any atom is 0.354 e. The van der Waals surface area contributed by atoms with Gasteiger partial charge in [0.2, 0.25) is 0 Å². The van der Waals surface area contributed by atoms with Gasteiger partial charge < -0.3 is 5.11 Å². The molecule has 1 aliphatic rings. The Kier molecular flexibility index (Phi) is 8.30. The molecule has 0 saturated carbocycles. The molecule has 201 valence electrons. The van der Waals surface area contributed by atoms with Crippen LogP contribution in [0.2, 0.25) is 0 Å². The molecule has 1 radical (unpaired) electrons. The second kappa shape index (κ2) is 11.2. The molecule has 7 heteroatoms. The van der Waals surface area contributed by atoms with Crippen molar-refractivity contribution in [3.8, 4) is 11.3 Å². The fourth-order valence-corrected chi connectivity index (χ4v) is 8.03. The number of hydrogen-bond donors (Lipinski definition) is 1. The average molecular weight is 761 g/mol. The maximum atomic E-state index is 10.8. The first-order valence-corrected chi connectivity index (χ1v) is 14.1. The fourth-order valence-electron chi connectivity index (χ4n) is 5.06. The number of aryl methyl sites for hydroxylation is 1. The summed E-state index contributed by atoms with van der Waals surface area (Å²) in [5, 5.41) is 9.89. The molecule has 0 fully saturated rings. The van der Waals surface area contributed by atoms with E-state index in [1.807, 2.05) is 45.2 Å². The van der Waals surface area contributed by atoms with Gasteiger partial charge in [-0.25, -0.2) is 9.78 Å². The predicted molar refractivity (Wildman–Crippen MR) is 152 cm³/mol. The van der Waals surface area contributed by atoms with Crippen molar-refractivity contribution in [3.05, 3.63) is 106 Å². The normalized spacial score (nSPS) is 13.0. The van der Waals surface area contributed by atoms with Crippen molar-refractivity contribution in [2.24, 2.45) is 0 Å². The minimum atomic E-state index is -0.955. The molecule has 0 saturated heterocycles. The van der Waals surface area contributed by atoms with Crippen LogP contribution in [-0.2, 0) is 25.5 Å². The van der Waals surface area contributed by atoms with Crippen molar-refractivity contribution < 1.29 is 34.4 Å². The Balaban J connectivity index is 0.000000216. The summed E-state index contributed by atoms with van der Waals surface area (Å²) in [4.78, 5) is 19.5. The molecule has 4 heterocycles. The van der Waals surface area contributed by atoms with Crippen LogP contribution in [0, 0.1) is 33.8 Å². The second-order valence-electron chi connectivity index (χ2n) is 10.0. The SMILES string of the molecule is CC1(C)c2ccccc2[Se]c2cc[c-]c(-c3nccc4occc34)c21.Cc1nc(C(=O)O)c(C)c(C)c1C.[Ir]. The zero-order valence-corrected chi connectivity index (χ0v) is 26.8. The van der Waals surface area contributed by atoms with Gasteiger partial charge >= 0.3 is 159 Å². The van der Waals surface area contributed by atoms with E-state index in [1.54, 1.807) is 13.2 Å². The van der Waals surface area contributed by atoms with Crippen LogP contribution in [0.1, 0.15) is 57.8 Å². The first kappa shape index (κ1) is 28.9. The number of carbonyl (C=O) groups is 1. The Morgan fingerprint density at radius 1 is 0.974 bits per heavy atom. The number of carboxylic acid groups (broad SMARTS) is 1. The standard InChI is InChI=1S/C22H16NOSe.C10H13NO2.Ir/c1-22(2)16-7-3-4-8-18(16)25-19-9-5-6-15(20(19)22)21-14-11-13-24-17(14)10-12-23-21;1-5-6(2)8(4)11-9(7(5)3)10(12)13;/h3-5,7-13H,1-2H3;1-4H3,(H,12,13);/q-1;;. The summed E-state index contributed by atoms with van der Waals surface area (Å²) < 4.78 is 8.48. The van der Waals surface area contributed by atoms with Crippen LogP contribution < -0.4 is 8.92 Å². The van der Waals surface area contributed by atoms with Crippen LogP contribution in [0.4, 0.5) is 0 Å². The largest absolute Gasteiger partial charge is 0.477 e. The topological polar surface area (TPSA) is 76.2 Å². The van der Waals surface area contributed by atoms with Gasteiger partial charge in [0.1, 0.15) is 0 Å². The van der Waals surface area contributed by atoms with Gasteiger partial charge in [-0.05, 0) is 44.4 Å². The van der Waals surface area contributed by atoms with E-state index in [0.29, 0.717) is 15.0 Å². The summed E-state index contributed by atoms with van der Waals surface area (Å²) in [6.07, 6.45) is 3.55. The Labute approximate surface area is 248 Å². The van der Waals surface area contributed by atoms with Gasteiger partial charge in [0.05, 0.1) is 0 Å². The van der Waals surface area contributed by atoms with Crippen LogP contribution in [0.25, 0.3) is 22.2 Å². The number of fused-ring (bicyclic) bond motifs is 3. The van der Waals surface area contributed by atoms with E-state index in [4.69, 9.17) is 14.5 Å². The number of carboxylic acids is 1. The molecule has 0 atom stereocenters. The molecule has 5 nitrogen and oxygen atoms in total. The van der Waals surface area contributed by atoms with Gasteiger partial charge in [-0.1, -0.05) is 0 Å². The number of aromatic carboxylic acids is 1. The van der Waals surface area contributed by atoms with Gasteiger partial charge in [-0.2, -0.15) is 0 Å². The van der Waals surface area contributed by atoms with Crippen LogP contribution in [0.3, 0.4) is 0 Å². The van der Waals surface area contributed by atoms with Crippen molar-refractivity contribution >= 4 is 40.8 Å². The minimum Gasteiger partial charge on any atom is -0.477 e. The molecule has 0 spiro atoms. The molecule has 0 unspecified atom stereocenters. The van der Waals surface area contributed by atoms with Gasteiger partial charge in [0, 0.05) is 25.8 Å². The van der Waals surface area contributed by atoms with E-state index < -0.39 is 5.97 Å². The fraction of sp³-hybridized carbons (Fsp3) is 0.219. The molecule has 6 rings (SSSR count). The Hall–Kier alpha value is -3.08. The second-order valence-corrected chi connectivity index (χ2v) is 12.3. The summed E-state index contributed by atoms with van der Waals surface area (Å²) in [6, 6.07) is 20.5. The van der Waals surface area contributed by atoms with Crippen molar-refractivity contribution in [1.29, 1.82) is 0 Å². The number of nitrogens with zero attached hydrogens (tertiary/aromatic N) is 2. The molecule has 0 bridgehead atoms. The zero-order valence-electron chi connectivity index (χ0n) is 22.7. The number of aromatic nitrogens is 2. The third-order valence-corrected chi connectivity index (χ3v) is 9.87. The van der Waals surface area contributed by atoms with Crippen molar-refractivity contribution in [2.45, 2.75) is 47.0 Å². The van der Waals surface area contributed by atoms with E-state index in [9.17, 15) is 4.79 Å². The number of pyridine rings is 2. The molecular formula is C32H29IrN2O3Se-. The Bertz CT molecular complexity index is 1710. The molecule has 39 heavy (non-hydrogen) atoms. The molecule has 1 N–H and O–H groups in total. The number of rotatable bonds is 2. The van der Waals surface area contributed by atoms with Crippen molar-refractivity contribution in [2.75, 3.05) is 0 Å². The first-order chi connectivity index (χ1) is 18.1. The summed E-state index contributed by atoms with van der Waals surface area (Å²) in [5.74, 6) is -0.955. The monoisotopic (exact) mass is 762 g/mol. The first-order valence-electron chi connectivity index (χ1n) is 12.4. The van der Waals surface area contributed by atoms with Gasteiger partial charge in [-0.15, -0.1) is 0 Å². The summed E-state index contributed by atoms with van der Waals surface area (Å²) in [6.45, 7) is 12.1. The third kappa shape index (κ3) is 5.13. The van der Waals surface area contributed by atoms with Crippen LogP contribution in [0.5, 0.6) is 0 Å². The Morgan fingerprint density at radius 2 is 1.72 bits per heavy atom. The molecular weight excluding hydrogens is 732 g/mol. The third-order valence-electron chi connectivity index (χ3n) is 7.49. The van der Waals surface area contributed by atoms with E-state index in [0.717, 1.165) is 44.6 Å². The van der Waals surface area contributed by atoms with Crippen LogP contribution in [-0.4, -0.2) is 36.0 Å². The summed E-state index contributed by atoms with van der Waals surface area (Å²) in [5.41, 5.74) is 9.45. The van der Waals surface area contributed by atoms with Gasteiger partial charge in [0.15, 0.2) is 5.69 Å². The minimum absolute atomic E-state index is 0. The predicted octanol–water partition coefficient (Wildman–Crippen LogP) is 5.60. The van der Waals surface area contributed by atoms with Crippen LogP contribution >= 0.6 is 0 Å². The summed E-state index contributed by atoms with van der Waals surface area (Å²) >= 11 is 0.301. The van der Waals surface area contributed by atoms with E-state index >= 15 is 0 Å². The number of benzene rings is 2. The smallest absolute Gasteiger partial charge is 0.354 e. The number of hydrogen-bond acceptors (Lipinski definition) is 4. The molecule has 0 aliphatic carbocycles. The molecule has 5 aromatic rings. The zero-order chi connectivity index (χ0) is 27.2. The van der Waals surface area contributed by atoms with Crippen LogP contribution in [0.15, 0.2) is 65.4 Å². The van der Waals surface area contributed by atoms with E-state index in [-0.39, 0.29) is 31.2 Å². The average Bonchev–Trinajstić information content (AvgIpc) is 3.39. The molecule has 2 aromatic carbocycles. The van der Waals surface area contributed by atoms with Gasteiger partial charge in [-0.3, -0.25) is 0 Å². The van der Waals surface area contributed by atoms with Gasteiger partial charge in [0.25, 0.3) is 0 Å². The Morgan fingerprint density at radius 3 is 2.46 bits per heavy atom. The maximum absolute atomic E-state index is 10.8. The van der Waals surface area contributed by atoms with E-state index in [1.165, 1.54) is 20.1 Å². The molecule has 0 amide bonds. The van der Waals surface area contributed by atoms with Crippen molar-refractivity contribution in [1.82, 2.24) is 9.97 Å². The quantitative estimate of drug-likeness (QED) is 0.188. The summed E-state index contributed by atoms with van der Waals surface area (Å²) in [7, 11) is 0. The molecule has 1 aliphatic heterocycles. The number of furan rings is 1. The van der Waals surface area contributed by atoms with E-state index in [2.05, 4.69) is 55.2 Å².